The normalized spacial score (nSPS) is 26.0. The lowest BCUT2D eigenvalue weighted by molar-refractivity contribution is -0.131. The number of rotatable bonds is 4. The van der Waals surface area contributed by atoms with Crippen LogP contribution in [0, 0.1) is 23.1 Å². The summed E-state index contributed by atoms with van der Waals surface area (Å²) in [6.45, 7) is 6.71. The summed E-state index contributed by atoms with van der Waals surface area (Å²) in [6, 6.07) is 7.37. The first-order valence-corrected chi connectivity index (χ1v) is 9.23. The van der Waals surface area contributed by atoms with Gasteiger partial charge in [0.1, 0.15) is 17.4 Å². The lowest BCUT2D eigenvalue weighted by Crippen LogP contribution is -2.49. The maximum Gasteiger partial charge on any atom is 0.222 e. The molecule has 2 atom stereocenters. The molecule has 6 nitrogen and oxygen atoms in total. The maximum atomic E-state index is 13.8. The number of nitrogens with zero attached hydrogens (tertiary/aromatic N) is 3. The first-order chi connectivity index (χ1) is 12.5. The van der Waals surface area contributed by atoms with Gasteiger partial charge in [-0.25, -0.2) is 4.39 Å². The van der Waals surface area contributed by atoms with Gasteiger partial charge in [0.25, 0.3) is 0 Å². The predicted octanol–water partition coefficient (Wildman–Crippen LogP) is 1.63. The minimum absolute atomic E-state index is 0.0801. The third-order valence-corrected chi connectivity index (χ3v) is 5.59. The lowest BCUT2D eigenvalue weighted by atomic mass is 9.91. The van der Waals surface area contributed by atoms with E-state index in [4.69, 9.17) is 0 Å². The Balaban J connectivity index is 1.53. The molecule has 1 amide bonds. The molecule has 0 aromatic heterocycles. The van der Waals surface area contributed by atoms with Crippen molar-refractivity contribution in [3.8, 4) is 6.07 Å². The molecule has 0 radical (unpaired) electrons. The van der Waals surface area contributed by atoms with E-state index in [0.29, 0.717) is 56.3 Å². The van der Waals surface area contributed by atoms with E-state index in [-0.39, 0.29) is 11.5 Å². The number of carbonyl (C=O) groups is 1. The molecule has 1 aromatic rings. The molecular formula is C19H26FN5O. The van der Waals surface area contributed by atoms with E-state index in [1.165, 1.54) is 6.07 Å². The second-order valence-electron chi connectivity index (χ2n) is 7.18. The molecule has 2 aliphatic rings. The summed E-state index contributed by atoms with van der Waals surface area (Å²) in [4.78, 5) is 16.4. The van der Waals surface area contributed by atoms with Crippen LogP contribution in [0.1, 0.15) is 32.3 Å². The van der Waals surface area contributed by atoms with Crippen molar-refractivity contribution in [3.63, 3.8) is 0 Å². The standard InChI is InChI=1S/C19H26FN5O/c1-13-15(14(2)23-22-13)6-7-19(26)25-10-8-24(9-11-25)18-5-3-4-17(20)16(18)12-21/h3-5,13-15,22-23H,6-11H2,1-2H3. The number of halogens is 1. The second kappa shape index (κ2) is 8.02. The topological polar surface area (TPSA) is 71.4 Å². The van der Waals surface area contributed by atoms with E-state index in [0.717, 1.165) is 6.42 Å². The SMILES string of the molecule is CC1NNC(C)C1CCC(=O)N1CCN(c2cccc(F)c2C#N)CC1. The molecule has 2 N–H and O–H groups in total. The first kappa shape index (κ1) is 18.6. The van der Waals surface area contributed by atoms with Crippen LogP contribution in [0.3, 0.4) is 0 Å². The van der Waals surface area contributed by atoms with Gasteiger partial charge >= 0.3 is 0 Å². The van der Waals surface area contributed by atoms with Crippen LogP contribution in [0.4, 0.5) is 10.1 Å². The molecular weight excluding hydrogens is 333 g/mol. The number of piperazine rings is 1. The number of hydrazine groups is 1. The van der Waals surface area contributed by atoms with Gasteiger partial charge in [-0.05, 0) is 38.3 Å². The Morgan fingerprint density at radius 3 is 2.50 bits per heavy atom. The number of nitrogens with one attached hydrogen (secondary N) is 2. The fraction of sp³-hybridized carbons (Fsp3) is 0.579. The number of nitriles is 1. The zero-order valence-corrected chi connectivity index (χ0v) is 15.3. The van der Waals surface area contributed by atoms with Gasteiger partial charge in [0.2, 0.25) is 5.91 Å². The molecule has 7 heteroatoms. The quantitative estimate of drug-likeness (QED) is 0.855. The third kappa shape index (κ3) is 3.81. The van der Waals surface area contributed by atoms with Crippen LogP contribution in [0.25, 0.3) is 0 Å². The molecule has 2 heterocycles. The summed E-state index contributed by atoms with van der Waals surface area (Å²) in [7, 11) is 0. The number of hydrogen-bond acceptors (Lipinski definition) is 5. The highest BCUT2D eigenvalue weighted by atomic mass is 19.1. The smallest absolute Gasteiger partial charge is 0.222 e. The molecule has 1 aromatic carbocycles. The van der Waals surface area contributed by atoms with E-state index < -0.39 is 5.82 Å². The van der Waals surface area contributed by atoms with Crippen LogP contribution in [0.15, 0.2) is 18.2 Å². The summed E-state index contributed by atoms with van der Waals surface area (Å²) < 4.78 is 13.8. The van der Waals surface area contributed by atoms with E-state index in [2.05, 4.69) is 24.7 Å². The van der Waals surface area contributed by atoms with Crippen molar-refractivity contribution in [2.75, 3.05) is 31.1 Å². The minimum atomic E-state index is -0.495. The Morgan fingerprint density at radius 2 is 1.88 bits per heavy atom. The average molecular weight is 359 g/mol. The second-order valence-corrected chi connectivity index (χ2v) is 7.18. The molecule has 2 saturated heterocycles. The number of amides is 1. The van der Waals surface area contributed by atoms with Crippen molar-refractivity contribution < 1.29 is 9.18 Å². The number of hydrogen-bond donors (Lipinski definition) is 2. The Labute approximate surface area is 153 Å². The van der Waals surface area contributed by atoms with Crippen LogP contribution in [-0.2, 0) is 4.79 Å². The lowest BCUT2D eigenvalue weighted by Gasteiger charge is -2.36. The molecule has 0 saturated carbocycles. The van der Waals surface area contributed by atoms with E-state index in [9.17, 15) is 14.4 Å². The fourth-order valence-electron chi connectivity index (χ4n) is 3.94. The van der Waals surface area contributed by atoms with Gasteiger partial charge < -0.3 is 9.80 Å². The first-order valence-electron chi connectivity index (χ1n) is 9.23. The minimum Gasteiger partial charge on any atom is -0.367 e. The Morgan fingerprint density at radius 1 is 1.23 bits per heavy atom. The van der Waals surface area contributed by atoms with Crippen molar-refractivity contribution in [3.05, 3.63) is 29.6 Å². The van der Waals surface area contributed by atoms with Crippen LogP contribution < -0.4 is 15.8 Å². The highest BCUT2D eigenvalue weighted by Crippen LogP contribution is 2.24. The predicted molar refractivity (Wildman–Crippen MR) is 97.8 cm³/mol. The number of carbonyl (C=O) groups excluding carboxylic acids is 1. The summed E-state index contributed by atoms with van der Waals surface area (Å²) in [5.41, 5.74) is 7.14. The van der Waals surface area contributed by atoms with Crippen LogP contribution in [0.2, 0.25) is 0 Å². The van der Waals surface area contributed by atoms with Gasteiger partial charge in [-0.3, -0.25) is 15.6 Å². The van der Waals surface area contributed by atoms with Gasteiger partial charge in [-0.2, -0.15) is 5.26 Å². The molecule has 0 bridgehead atoms. The highest BCUT2D eigenvalue weighted by molar-refractivity contribution is 5.76. The van der Waals surface area contributed by atoms with Gasteiger partial charge in [0.05, 0.1) is 5.69 Å². The third-order valence-electron chi connectivity index (χ3n) is 5.59. The summed E-state index contributed by atoms with van der Waals surface area (Å²) in [5, 5.41) is 9.20. The molecule has 0 spiro atoms. The molecule has 26 heavy (non-hydrogen) atoms. The molecule has 2 unspecified atom stereocenters. The molecule has 3 rings (SSSR count). The molecule has 0 aliphatic carbocycles. The summed E-state index contributed by atoms with van der Waals surface area (Å²) in [6.07, 6.45) is 1.41. The summed E-state index contributed by atoms with van der Waals surface area (Å²) in [5.74, 6) is 0.131. The van der Waals surface area contributed by atoms with Gasteiger partial charge in [-0.1, -0.05) is 6.07 Å². The van der Waals surface area contributed by atoms with Crippen molar-refractivity contribution in [2.24, 2.45) is 5.92 Å². The van der Waals surface area contributed by atoms with Gasteiger partial charge in [0, 0.05) is 44.7 Å². The van der Waals surface area contributed by atoms with E-state index in [1.807, 2.05) is 15.9 Å². The average Bonchev–Trinajstić information content (AvgIpc) is 2.97. The highest BCUT2D eigenvalue weighted by Gasteiger charge is 2.31. The van der Waals surface area contributed by atoms with Crippen molar-refractivity contribution in [1.29, 1.82) is 5.26 Å². The van der Waals surface area contributed by atoms with Gasteiger partial charge in [0.15, 0.2) is 0 Å². The largest absolute Gasteiger partial charge is 0.367 e. The Hall–Kier alpha value is -2.17. The summed E-state index contributed by atoms with van der Waals surface area (Å²) >= 11 is 0. The van der Waals surface area contributed by atoms with Crippen LogP contribution in [-0.4, -0.2) is 49.1 Å². The maximum absolute atomic E-state index is 13.8. The number of benzene rings is 1. The van der Waals surface area contributed by atoms with E-state index in [1.54, 1.807) is 12.1 Å². The van der Waals surface area contributed by atoms with E-state index >= 15 is 0 Å². The Kier molecular flexibility index (Phi) is 5.74. The zero-order chi connectivity index (χ0) is 18.7. The van der Waals surface area contributed by atoms with Crippen LogP contribution in [0.5, 0.6) is 0 Å². The van der Waals surface area contributed by atoms with Crippen molar-refractivity contribution in [1.82, 2.24) is 15.8 Å². The molecule has 140 valence electrons. The monoisotopic (exact) mass is 359 g/mol. The van der Waals surface area contributed by atoms with Crippen molar-refractivity contribution >= 4 is 11.6 Å². The fourth-order valence-corrected chi connectivity index (χ4v) is 3.94. The van der Waals surface area contributed by atoms with Crippen LogP contribution >= 0.6 is 0 Å². The molecule has 2 fully saturated rings. The van der Waals surface area contributed by atoms with Crippen molar-refractivity contribution in [2.45, 2.75) is 38.8 Å². The zero-order valence-electron chi connectivity index (χ0n) is 15.3. The Bertz CT molecular complexity index is 686. The number of anilines is 1. The molecule has 2 aliphatic heterocycles. The van der Waals surface area contributed by atoms with Gasteiger partial charge in [-0.15, -0.1) is 0 Å².